The van der Waals surface area contributed by atoms with Gasteiger partial charge >= 0.3 is 0 Å². The number of para-hydroxylation sites is 1. The molecule has 2 aromatic carbocycles. The fourth-order valence-electron chi connectivity index (χ4n) is 6.26. The number of quaternary nitrogens is 1. The van der Waals surface area contributed by atoms with Crippen LogP contribution >= 0.6 is 0 Å². The van der Waals surface area contributed by atoms with E-state index in [2.05, 4.69) is 5.32 Å². The van der Waals surface area contributed by atoms with Gasteiger partial charge in [0.1, 0.15) is 23.7 Å². The van der Waals surface area contributed by atoms with E-state index in [9.17, 15) is 18.8 Å². The molecule has 6 nitrogen and oxygen atoms in total. The highest BCUT2D eigenvalue weighted by molar-refractivity contribution is 6.25. The molecule has 7 heteroatoms. The standard InChI is InChI=1S/C22H18FN3O3/c23-12-8-9-15-14(11-12)22(21(29)24-15)18-17(16-7-4-10-25(16)22)19(27)26(20(18)28)13-5-2-1-3-6-13/h1-3,5-6,8-9,11,16-18H,4,7,10H2,(H,24,29)/p+1/t16-,17+,18-,22-/m1/s1. The van der Waals surface area contributed by atoms with Crippen molar-refractivity contribution in [3.05, 3.63) is 59.9 Å². The van der Waals surface area contributed by atoms with E-state index in [1.807, 2.05) is 6.07 Å². The summed E-state index contributed by atoms with van der Waals surface area (Å²) in [6, 6.07) is 12.9. The Morgan fingerprint density at radius 2 is 1.86 bits per heavy atom. The summed E-state index contributed by atoms with van der Waals surface area (Å²) in [6.07, 6.45) is 1.65. The van der Waals surface area contributed by atoms with E-state index in [1.165, 1.54) is 17.0 Å². The van der Waals surface area contributed by atoms with Crippen molar-refractivity contribution in [2.24, 2.45) is 11.8 Å². The summed E-state index contributed by atoms with van der Waals surface area (Å²) in [6.45, 7) is 0.687. The lowest BCUT2D eigenvalue weighted by molar-refractivity contribution is -0.948. The maximum absolute atomic E-state index is 14.2. The summed E-state index contributed by atoms with van der Waals surface area (Å²) in [5, 5.41) is 2.86. The molecule has 4 aliphatic rings. The van der Waals surface area contributed by atoms with Crippen molar-refractivity contribution >= 4 is 29.1 Å². The zero-order valence-corrected chi connectivity index (χ0v) is 15.5. The third-order valence-electron chi connectivity index (χ3n) is 7.19. The van der Waals surface area contributed by atoms with Gasteiger partial charge in [0.2, 0.25) is 17.4 Å². The van der Waals surface area contributed by atoms with Crippen LogP contribution < -0.4 is 15.1 Å². The fraction of sp³-hybridized carbons (Fsp3) is 0.318. The summed E-state index contributed by atoms with van der Waals surface area (Å²) in [4.78, 5) is 42.7. The van der Waals surface area contributed by atoms with Crippen molar-refractivity contribution in [1.82, 2.24) is 0 Å². The predicted molar refractivity (Wildman–Crippen MR) is 101 cm³/mol. The number of carbonyl (C=O) groups excluding carboxylic acids is 3. The fourth-order valence-corrected chi connectivity index (χ4v) is 6.26. The zero-order valence-electron chi connectivity index (χ0n) is 15.5. The average molecular weight is 392 g/mol. The van der Waals surface area contributed by atoms with Gasteiger partial charge in [-0.25, -0.2) is 9.29 Å². The highest BCUT2D eigenvalue weighted by Gasteiger charge is 2.78. The Morgan fingerprint density at radius 1 is 1.07 bits per heavy atom. The van der Waals surface area contributed by atoms with Crippen molar-refractivity contribution in [2.75, 3.05) is 16.8 Å². The Balaban J connectivity index is 1.58. The number of anilines is 2. The van der Waals surface area contributed by atoms with Crippen LogP contribution in [0.2, 0.25) is 0 Å². The summed E-state index contributed by atoms with van der Waals surface area (Å²) in [5.41, 5.74) is 0.311. The van der Waals surface area contributed by atoms with Gasteiger partial charge < -0.3 is 10.2 Å². The minimum atomic E-state index is -1.25. The molecule has 2 N–H and O–H groups in total. The monoisotopic (exact) mass is 392 g/mol. The lowest BCUT2D eigenvalue weighted by Gasteiger charge is -2.33. The van der Waals surface area contributed by atoms with Gasteiger partial charge in [-0.15, -0.1) is 0 Å². The predicted octanol–water partition coefficient (Wildman–Crippen LogP) is 0.840. The first kappa shape index (κ1) is 16.9. The van der Waals surface area contributed by atoms with Crippen molar-refractivity contribution in [1.29, 1.82) is 0 Å². The molecule has 3 amide bonds. The molecular formula is C22H19FN3O3+. The van der Waals surface area contributed by atoms with Crippen LogP contribution in [0.25, 0.3) is 0 Å². The van der Waals surface area contributed by atoms with Crippen molar-refractivity contribution in [3.8, 4) is 0 Å². The summed E-state index contributed by atoms with van der Waals surface area (Å²) < 4.78 is 14.2. The maximum atomic E-state index is 14.2. The smallest absolute Gasteiger partial charge is 0.291 e. The minimum absolute atomic E-state index is 0.120. The van der Waals surface area contributed by atoms with Crippen molar-refractivity contribution < 1.29 is 23.7 Å². The topological polar surface area (TPSA) is 70.9 Å². The van der Waals surface area contributed by atoms with Gasteiger partial charge in [0.15, 0.2) is 0 Å². The number of hydrogen-bond acceptors (Lipinski definition) is 3. The maximum Gasteiger partial charge on any atom is 0.291 e. The zero-order chi connectivity index (χ0) is 19.9. The molecule has 6 rings (SSSR count). The first-order chi connectivity index (χ1) is 14.0. The van der Waals surface area contributed by atoms with Gasteiger partial charge in [0, 0.05) is 18.4 Å². The minimum Gasteiger partial charge on any atom is -0.320 e. The number of benzene rings is 2. The molecule has 1 unspecified atom stereocenters. The number of rotatable bonds is 1. The van der Waals surface area contributed by atoms with Crippen LogP contribution in [0.1, 0.15) is 18.4 Å². The van der Waals surface area contributed by atoms with E-state index in [1.54, 1.807) is 30.3 Å². The number of halogens is 1. The Kier molecular flexibility index (Phi) is 3.20. The van der Waals surface area contributed by atoms with Crippen LogP contribution in [0.15, 0.2) is 48.5 Å². The van der Waals surface area contributed by atoms with E-state index < -0.39 is 23.2 Å². The molecule has 0 bridgehead atoms. The van der Waals surface area contributed by atoms with Gasteiger partial charge in [-0.3, -0.25) is 14.4 Å². The Bertz CT molecular complexity index is 1090. The SMILES string of the molecule is O=C1[C@H]2[C@H]3CCC[NH+]3[C@@]3(C(=O)Nc4ccc(F)cc43)[C@H]2C(=O)N1c1ccccc1. The molecule has 4 heterocycles. The van der Waals surface area contributed by atoms with Crippen LogP contribution in [0, 0.1) is 17.7 Å². The number of amides is 3. The van der Waals surface area contributed by atoms with E-state index >= 15 is 0 Å². The second kappa shape index (κ2) is 5.51. The third kappa shape index (κ3) is 1.86. The van der Waals surface area contributed by atoms with Crippen molar-refractivity contribution in [2.45, 2.75) is 24.4 Å². The molecule has 0 aliphatic carbocycles. The molecule has 146 valence electrons. The molecule has 2 aromatic rings. The molecular weight excluding hydrogens is 373 g/mol. The van der Waals surface area contributed by atoms with E-state index in [0.29, 0.717) is 23.5 Å². The van der Waals surface area contributed by atoms with Gasteiger partial charge in [-0.2, -0.15) is 0 Å². The lowest BCUT2D eigenvalue weighted by Crippen LogP contribution is -3.19. The molecule has 4 aliphatic heterocycles. The van der Waals surface area contributed by atoms with Crippen LogP contribution in [0.3, 0.4) is 0 Å². The van der Waals surface area contributed by atoms with Gasteiger partial charge in [0.25, 0.3) is 5.91 Å². The van der Waals surface area contributed by atoms with E-state index in [-0.39, 0.29) is 23.8 Å². The molecule has 3 fully saturated rings. The Labute approximate surface area is 166 Å². The number of imide groups is 1. The molecule has 1 spiro atoms. The summed E-state index contributed by atoms with van der Waals surface area (Å²) in [5.74, 6) is -2.75. The molecule has 0 aromatic heterocycles. The average Bonchev–Trinajstić information content (AvgIpc) is 3.41. The second-order valence-electron chi connectivity index (χ2n) is 8.33. The molecule has 0 radical (unpaired) electrons. The van der Waals surface area contributed by atoms with Gasteiger partial charge in [-0.1, -0.05) is 18.2 Å². The van der Waals surface area contributed by atoms with Crippen LogP contribution in [0.4, 0.5) is 15.8 Å². The number of hydrogen-bond donors (Lipinski definition) is 2. The summed E-state index contributed by atoms with van der Waals surface area (Å²) in [7, 11) is 0. The number of nitrogens with one attached hydrogen (secondary N) is 2. The molecule has 0 saturated carbocycles. The highest BCUT2D eigenvalue weighted by atomic mass is 19.1. The summed E-state index contributed by atoms with van der Waals surface area (Å²) >= 11 is 0. The first-order valence-electron chi connectivity index (χ1n) is 9.95. The highest BCUT2D eigenvalue weighted by Crippen LogP contribution is 2.52. The number of nitrogens with zero attached hydrogens (tertiary/aromatic N) is 1. The van der Waals surface area contributed by atoms with Gasteiger partial charge in [0.05, 0.1) is 17.9 Å². The largest absolute Gasteiger partial charge is 0.320 e. The van der Waals surface area contributed by atoms with Crippen LogP contribution in [-0.2, 0) is 19.9 Å². The molecule has 5 atom stereocenters. The van der Waals surface area contributed by atoms with Crippen molar-refractivity contribution in [3.63, 3.8) is 0 Å². The van der Waals surface area contributed by atoms with E-state index in [0.717, 1.165) is 17.7 Å². The van der Waals surface area contributed by atoms with Crippen LogP contribution in [0.5, 0.6) is 0 Å². The Morgan fingerprint density at radius 3 is 2.66 bits per heavy atom. The third-order valence-corrected chi connectivity index (χ3v) is 7.19. The lowest BCUT2D eigenvalue weighted by atomic mass is 9.75. The molecule has 3 saturated heterocycles. The van der Waals surface area contributed by atoms with E-state index in [4.69, 9.17) is 0 Å². The quantitative estimate of drug-likeness (QED) is 0.707. The normalized spacial score (nSPS) is 34.5. The van der Waals surface area contributed by atoms with Gasteiger partial charge in [-0.05, 0) is 30.3 Å². The molecule has 29 heavy (non-hydrogen) atoms. The number of fused-ring (bicyclic) bond motifs is 7. The number of carbonyl (C=O) groups is 3. The second-order valence-corrected chi connectivity index (χ2v) is 8.33. The first-order valence-corrected chi connectivity index (χ1v) is 9.95. The Hall–Kier alpha value is -3.06. The van der Waals surface area contributed by atoms with Crippen LogP contribution in [-0.4, -0.2) is 30.3 Å².